The molecule has 2 heterocycles. The largest absolute Gasteiger partial charge is 0.334 e. The van der Waals surface area contributed by atoms with Gasteiger partial charge in [-0.1, -0.05) is 26.7 Å². The molecule has 1 aromatic heterocycles. The number of likely N-dealkylation sites (tertiary alicyclic amines) is 1. The Morgan fingerprint density at radius 1 is 1.38 bits per heavy atom. The summed E-state index contributed by atoms with van der Waals surface area (Å²) in [5.74, 6) is 0.249. The first-order valence-corrected chi connectivity index (χ1v) is 7.61. The molecule has 1 aromatic rings. The standard InChI is InChI=1S/C15H23F2N3O/c1-11(2)13-6-4-3-5-8-20(13)15(21)12-7-9-19(18-12)10-14(16)17/h7,9,11,13-14H,3-6,8,10H2,1-2H3. The predicted molar refractivity (Wildman–Crippen MR) is 76.4 cm³/mol. The highest BCUT2D eigenvalue weighted by Crippen LogP contribution is 2.24. The lowest BCUT2D eigenvalue weighted by molar-refractivity contribution is 0.0622. The van der Waals surface area contributed by atoms with Crippen LogP contribution >= 0.6 is 0 Å². The highest BCUT2D eigenvalue weighted by molar-refractivity contribution is 5.92. The number of carbonyl (C=O) groups excluding carboxylic acids is 1. The second kappa shape index (κ2) is 7.00. The van der Waals surface area contributed by atoms with E-state index in [0.29, 0.717) is 5.92 Å². The van der Waals surface area contributed by atoms with E-state index < -0.39 is 13.0 Å². The molecule has 1 unspecified atom stereocenters. The number of nitrogens with zero attached hydrogens (tertiary/aromatic N) is 3. The zero-order valence-electron chi connectivity index (χ0n) is 12.6. The van der Waals surface area contributed by atoms with Gasteiger partial charge in [-0.15, -0.1) is 0 Å². The maximum Gasteiger partial charge on any atom is 0.274 e. The molecule has 1 fully saturated rings. The van der Waals surface area contributed by atoms with E-state index in [2.05, 4.69) is 18.9 Å². The minimum absolute atomic E-state index is 0.136. The van der Waals surface area contributed by atoms with E-state index in [0.717, 1.165) is 36.9 Å². The minimum atomic E-state index is -2.46. The summed E-state index contributed by atoms with van der Waals surface area (Å²) >= 11 is 0. The van der Waals surface area contributed by atoms with Crippen molar-refractivity contribution in [3.05, 3.63) is 18.0 Å². The Labute approximate surface area is 124 Å². The second-order valence-electron chi connectivity index (χ2n) is 5.97. The number of hydrogen-bond donors (Lipinski definition) is 0. The molecule has 0 aromatic carbocycles. The molecule has 6 heteroatoms. The van der Waals surface area contributed by atoms with Gasteiger partial charge in [-0.25, -0.2) is 8.78 Å². The number of hydrogen-bond acceptors (Lipinski definition) is 2. The van der Waals surface area contributed by atoms with Crippen LogP contribution in [0.2, 0.25) is 0 Å². The average Bonchev–Trinajstić information content (AvgIpc) is 2.73. The molecule has 0 spiro atoms. The Morgan fingerprint density at radius 2 is 2.14 bits per heavy atom. The van der Waals surface area contributed by atoms with Crippen LogP contribution in [0.5, 0.6) is 0 Å². The fraction of sp³-hybridized carbons (Fsp3) is 0.733. The summed E-state index contributed by atoms with van der Waals surface area (Å²) in [6.07, 6.45) is 3.24. The lowest BCUT2D eigenvalue weighted by atomic mass is 9.98. The van der Waals surface area contributed by atoms with Crippen LogP contribution in [0.4, 0.5) is 8.78 Å². The van der Waals surface area contributed by atoms with E-state index in [1.165, 1.54) is 12.3 Å². The van der Waals surface area contributed by atoms with Gasteiger partial charge in [0.25, 0.3) is 12.3 Å². The lowest BCUT2D eigenvalue weighted by Crippen LogP contribution is -2.43. The van der Waals surface area contributed by atoms with E-state index in [1.54, 1.807) is 0 Å². The van der Waals surface area contributed by atoms with Crippen molar-refractivity contribution < 1.29 is 13.6 Å². The van der Waals surface area contributed by atoms with E-state index >= 15 is 0 Å². The first kappa shape index (κ1) is 15.9. The Balaban J connectivity index is 2.14. The fourth-order valence-corrected chi connectivity index (χ4v) is 2.95. The third-order valence-corrected chi connectivity index (χ3v) is 4.01. The van der Waals surface area contributed by atoms with Gasteiger partial charge in [-0.2, -0.15) is 5.10 Å². The molecule has 2 rings (SSSR count). The van der Waals surface area contributed by atoms with Crippen molar-refractivity contribution in [2.75, 3.05) is 6.54 Å². The van der Waals surface area contributed by atoms with Crippen molar-refractivity contribution in [3.8, 4) is 0 Å². The van der Waals surface area contributed by atoms with Crippen LogP contribution < -0.4 is 0 Å². The molecule has 118 valence electrons. The van der Waals surface area contributed by atoms with Gasteiger partial charge in [0.2, 0.25) is 0 Å². The van der Waals surface area contributed by atoms with Gasteiger partial charge in [0.1, 0.15) is 12.2 Å². The molecule has 1 amide bonds. The third kappa shape index (κ3) is 4.02. The summed E-state index contributed by atoms with van der Waals surface area (Å²) < 4.78 is 25.8. The first-order valence-electron chi connectivity index (χ1n) is 7.61. The summed E-state index contributed by atoms with van der Waals surface area (Å²) in [4.78, 5) is 14.5. The smallest absolute Gasteiger partial charge is 0.274 e. The van der Waals surface area contributed by atoms with E-state index in [4.69, 9.17) is 0 Å². The van der Waals surface area contributed by atoms with Gasteiger partial charge < -0.3 is 4.90 Å². The van der Waals surface area contributed by atoms with Crippen molar-refractivity contribution in [3.63, 3.8) is 0 Å². The highest BCUT2D eigenvalue weighted by Gasteiger charge is 2.29. The molecular formula is C15H23F2N3O. The summed E-state index contributed by atoms with van der Waals surface area (Å²) in [5.41, 5.74) is 0.267. The number of aromatic nitrogens is 2. The van der Waals surface area contributed by atoms with Crippen molar-refractivity contribution >= 4 is 5.91 Å². The van der Waals surface area contributed by atoms with Crippen molar-refractivity contribution in [2.24, 2.45) is 5.92 Å². The van der Waals surface area contributed by atoms with E-state index in [9.17, 15) is 13.6 Å². The molecule has 0 N–H and O–H groups in total. The first-order chi connectivity index (χ1) is 9.99. The molecule has 1 saturated heterocycles. The molecule has 21 heavy (non-hydrogen) atoms. The van der Waals surface area contributed by atoms with Crippen LogP contribution in [0.1, 0.15) is 50.0 Å². The van der Waals surface area contributed by atoms with Gasteiger partial charge in [-0.3, -0.25) is 9.48 Å². The fourth-order valence-electron chi connectivity index (χ4n) is 2.95. The van der Waals surface area contributed by atoms with Crippen LogP contribution in [0.3, 0.4) is 0 Å². The van der Waals surface area contributed by atoms with Gasteiger partial charge in [0, 0.05) is 18.8 Å². The zero-order chi connectivity index (χ0) is 15.4. The van der Waals surface area contributed by atoms with Gasteiger partial charge in [-0.05, 0) is 24.8 Å². The summed E-state index contributed by atoms with van der Waals surface area (Å²) in [6.45, 7) is 4.49. The molecule has 1 aliphatic heterocycles. The topological polar surface area (TPSA) is 38.1 Å². The molecule has 0 saturated carbocycles. The average molecular weight is 299 g/mol. The van der Waals surface area contributed by atoms with Crippen molar-refractivity contribution in [1.82, 2.24) is 14.7 Å². The highest BCUT2D eigenvalue weighted by atomic mass is 19.3. The van der Waals surface area contributed by atoms with Gasteiger partial charge >= 0.3 is 0 Å². The molecule has 0 radical (unpaired) electrons. The third-order valence-electron chi connectivity index (χ3n) is 4.01. The van der Waals surface area contributed by atoms with Crippen LogP contribution in [0, 0.1) is 5.92 Å². The van der Waals surface area contributed by atoms with Gasteiger partial charge in [0.15, 0.2) is 0 Å². The summed E-state index contributed by atoms with van der Waals surface area (Å²) in [5, 5.41) is 4.00. The number of carbonyl (C=O) groups is 1. The minimum Gasteiger partial charge on any atom is -0.334 e. The van der Waals surface area contributed by atoms with Crippen LogP contribution in [0.25, 0.3) is 0 Å². The predicted octanol–water partition coefficient (Wildman–Crippen LogP) is 3.19. The molecule has 0 aliphatic carbocycles. The van der Waals surface area contributed by atoms with Crippen LogP contribution in [-0.2, 0) is 6.54 Å². The monoisotopic (exact) mass is 299 g/mol. The summed E-state index contributed by atoms with van der Waals surface area (Å²) in [7, 11) is 0. The number of amides is 1. The summed E-state index contributed by atoms with van der Waals surface area (Å²) in [6, 6.07) is 1.74. The van der Waals surface area contributed by atoms with E-state index in [1.807, 2.05) is 4.90 Å². The lowest BCUT2D eigenvalue weighted by Gasteiger charge is -2.32. The van der Waals surface area contributed by atoms with Gasteiger partial charge in [0.05, 0.1) is 0 Å². The second-order valence-corrected chi connectivity index (χ2v) is 5.97. The molecule has 0 bridgehead atoms. The Morgan fingerprint density at radius 3 is 2.81 bits per heavy atom. The molecule has 4 nitrogen and oxygen atoms in total. The Hall–Kier alpha value is -1.46. The quantitative estimate of drug-likeness (QED) is 0.856. The van der Waals surface area contributed by atoms with Crippen LogP contribution in [0.15, 0.2) is 12.3 Å². The van der Waals surface area contributed by atoms with Crippen molar-refractivity contribution in [2.45, 2.75) is 58.5 Å². The Kier molecular flexibility index (Phi) is 5.31. The van der Waals surface area contributed by atoms with Crippen LogP contribution in [-0.4, -0.2) is 39.6 Å². The SMILES string of the molecule is CC(C)C1CCCCCN1C(=O)c1ccn(CC(F)F)n1. The molecule has 1 atom stereocenters. The normalized spacial score (nSPS) is 20.1. The van der Waals surface area contributed by atoms with Crippen molar-refractivity contribution in [1.29, 1.82) is 0 Å². The number of alkyl halides is 2. The maximum atomic E-state index is 12.6. The molecule has 1 aliphatic rings. The number of halogens is 2. The maximum absolute atomic E-state index is 12.6. The molecular weight excluding hydrogens is 276 g/mol. The number of rotatable bonds is 4. The Bertz CT molecular complexity index is 473. The van der Waals surface area contributed by atoms with E-state index in [-0.39, 0.29) is 17.6 Å². The zero-order valence-corrected chi connectivity index (χ0v) is 12.6.